The number of benzene rings is 1. The molecule has 7 heteroatoms. The molecule has 1 aromatic carbocycles. The van der Waals surface area contributed by atoms with Crippen LogP contribution in [0.3, 0.4) is 0 Å². The Morgan fingerprint density at radius 2 is 2.11 bits per heavy atom. The van der Waals surface area contributed by atoms with E-state index in [9.17, 15) is 8.42 Å². The van der Waals surface area contributed by atoms with Crippen LogP contribution < -0.4 is 10.5 Å². The Labute approximate surface area is 127 Å². The van der Waals surface area contributed by atoms with Gasteiger partial charge in [0.1, 0.15) is 0 Å². The van der Waals surface area contributed by atoms with Gasteiger partial charge in [-0.25, -0.2) is 13.1 Å². The fraction of sp³-hybridized carbons (Fsp3) is 0.500. The van der Waals surface area contributed by atoms with Gasteiger partial charge in [-0.3, -0.25) is 0 Å². The molecule has 0 heterocycles. The molecule has 0 spiro atoms. The molecule has 0 amide bonds. The molecule has 19 heavy (non-hydrogen) atoms. The fourth-order valence-corrected chi connectivity index (χ4v) is 4.74. The van der Waals surface area contributed by atoms with Crippen LogP contribution in [0.25, 0.3) is 0 Å². The Hall–Kier alpha value is -0.0800. The highest BCUT2D eigenvalue weighted by Crippen LogP contribution is 2.27. The molecule has 0 radical (unpaired) electrons. The molecule has 0 fully saturated rings. The van der Waals surface area contributed by atoms with Crippen LogP contribution in [-0.2, 0) is 16.6 Å². The van der Waals surface area contributed by atoms with E-state index in [2.05, 4.69) is 20.7 Å². The summed E-state index contributed by atoms with van der Waals surface area (Å²) in [5, 5.41) is 0. The van der Waals surface area contributed by atoms with Gasteiger partial charge in [-0.2, -0.15) is 11.8 Å². The molecule has 3 N–H and O–H groups in total. The first-order chi connectivity index (χ1) is 8.81. The Morgan fingerprint density at radius 1 is 1.47 bits per heavy atom. The third kappa shape index (κ3) is 4.46. The van der Waals surface area contributed by atoms with Crippen LogP contribution in [0.2, 0.25) is 0 Å². The smallest absolute Gasteiger partial charge is 0.241 e. The number of halogens is 1. The quantitative estimate of drug-likeness (QED) is 0.809. The van der Waals surface area contributed by atoms with Gasteiger partial charge in [0.05, 0.1) is 4.90 Å². The highest BCUT2D eigenvalue weighted by molar-refractivity contribution is 9.10. The van der Waals surface area contributed by atoms with Gasteiger partial charge in [0, 0.05) is 22.8 Å². The highest BCUT2D eigenvalue weighted by Gasteiger charge is 2.21. The maximum absolute atomic E-state index is 12.4. The van der Waals surface area contributed by atoms with E-state index in [-0.39, 0.29) is 10.9 Å². The minimum atomic E-state index is -3.53. The molecule has 0 aliphatic rings. The zero-order valence-corrected chi connectivity index (χ0v) is 14.5. The van der Waals surface area contributed by atoms with Gasteiger partial charge in [0.25, 0.3) is 0 Å². The van der Waals surface area contributed by atoms with E-state index in [1.54, 1.807) is 17.8 Å². The van der Waals surface area contributed by atoms with Crippen LogP contribution in [0, 0.1) is 6.92 Å². The zero-order chi connectivity index (χ0) is 14.6. The topological polar surface area (TPSA) is 72.2 Å². The number of hydrogen-bond donors (Lipinski definition) is 2. The molecule has 0 bridgehead atoms. The largest absolute Gasteiger partial charge is 0.326 e. The first-order valence-electron chi connectivity index (χ1n) is 5.82. The molecule has 0 aliphatic carbocycles. The number of nitrogens with one attached hydrogen (secondary N) is 1. The van der Waals surface area contributed by atoms with Crippen molar-refractivity contribution < 1.29 is 8.42 Å². The molecule has 1 aromatic rings. The van der Waals surface area contributed by atoms with Gasteiger partial charge in [-0.05, 0) is 53.2 Å². The van der Waals surface area contributed by atoms with Crippen LogP contribution >= 0.6 is 27.7 Å². The van der Waals surface area contributed by atoms with Crippen molar-refractivity contribution in [3.05, 3.63) is 27.7 Å². The standard InChI is InChI=1S/C12H19BrN2O2S2/c1-8-4-10(6-14)5-11(12(8)13)19(16,17)15-9(2)7-18-3/h4-5,9,15H,6-7,14H2,1-3H3. The van der Waals surface area contributed by atoms with Crippen LogP contribution in [0.15, 0.2) is 21.5 Å². The van der Waals surface area contributed by atoms with Crippen molar-refractivity contribution in [2.75, 3.05) is 12.0 Å². The summed E-state index contributed by atoms with van der Waals surface area (Å²) in [6.07, 6.45) is 1.94. The van der Waals surface area contributed by atoms with Gasteiger partial charge in [0.2, 0.25) is 10.0 Å². The van der Waals surface area contributed by atoms with Crippen LogP contribution in [0.1, 0.15) is 18.1 Å². The molecule has 1 rings (SSSR count). The molecule has 0 saturated heterocycles. The molecule has 4 nitrogen and oxygen atoms in total. The summed E-state index contributed by atoms with van der Waals surface area (Å²) in [5.41, 5.74) is 7.26. The Balaban J connectivity index is 3.17. The Morgan fingerprint density at radius 3 is 2.63 bits per heavy atom. The van der Waals surface area contributed by atoms with E-state index in [0.29, 0.717) is 11.0 Å². The third-order valence-corrected chi connectivity index (χ3v) is 6.34. The number of sulfonamides is 1. The van der Waals surface area contributed by atoms with Crippen LogP contribution in [-0.4, -0.2) is 26.5 Å². The molecule has 1 unspecified atom stereocenters. The van der Waals surface area contributed by atoms with Crippen molar-refractivity contribution in [2.24, 2.45) is 5.73 Å². The lowest BCUT2D eigenvalue weighted by molar-refractivity contribution is 0.570. The third-order valence-electron chi connectivity index (χ3n) is 2.58. The normalized spacial score (nSPS) is 13.5. The maximum Gasteiger partial charge on any atom is 0.241 e. The summed E-state index contributed by atoms with van der Waals surface area (Å²) in [5.74, 6) is 0.729. The second-order valence-corrected chi connectivity index (χ2v) is 7.79. The molecular formula is C12H19BrN2O2S2. The van der Waals surface area contributed by atoms with Gasteiger partial charge < -0.3 is 5.73 Å². The molecular weight excluding hydrogens is 348 g/mol. The van der Waals surface area contributed by atoms with Crippen molar-refractivity contribution in [1.29, 1.82) is 0 Å². The predicted molar refractivity (Wildman–Crippen MR) is 84.9 cm³/mol. The van der Waals surface area contributed by atoms with E-state index >= 15 is 0 Å². The summed E-state index contributed by atoms with van der Waals surface area (Å²) in [6.45, 7) is 4.02. The van der Waals surface area contributed by atoms with E-state index in [4.69, 9.17) is 5.73 Å². The summed E-state index contributed by atoms with van der Waals surface area (Å²) in [4.78, 5) is 0.251. The molecule has 0 saturated carbocycles. The van der Waals surface area contributed by atoms with Gasteiger partial charge >= 0.3 is 0 Å². The van der Waals surface area contributed by atoms with E-state index in [0.717, 1.165) is 16.9 Å². The van der Waals surface area contributed by atoms with Crippen molar-refractivity contribution in [3.63, 3.8) is 0 Å². The number of aryl methyl sites for hydroxylation is 1. The summed E-state index contributed by atoms with van der Waals surface area (Å²) < 4.78 is 28.0. The SMILES string of the molecule is CSCC(C)NS(=O)(=O)c1cc(CN)cc(C)c1Br. The minimum absolute atomic E-state index is 0.117. The van der Waals surface area contributed by atoms with E-state index in [1.165, 1.54) is 0 Å². The van der Waals surface area contributed by atoms with Crippen LogP contribution in [0.5, 0.6) is 0 Å². The number of thioether (sulfide) groups is 1. The van der Waals surface area contributed by atoms with Crippen molar-refractivity contribution >= 4 is 37.7 Å². The monoisotopic (exact) mass is 366 g/mol. The summed E-state index contributed by atoms with van der Waals surface area (Å²) in [6, 6.07) is 3.38. The molecule has 0 aliphatic heterocycles. The maximum atomic E-state index is 12.4. The Kier molecular flexibility index (Phi) is 6.32. The van der Waals surface area contributed by atoms with Gasteiger partial charge in [-0.1, -0.05) is 6.07 Å². The lowest BCUT2D eigenvalue weighted by Crippen LogP contribution is -2.34. The van der Waals surface area contributed by atoms with E-state index in [1.807, 2.05) is 26.2 Å². The summed E-state index contributed by atoms with van der Waals surface area (Å²) in [7, 11) is -3.53. The lowest BCUT2D eigenvalue weighted by atomic mass is 10.1. The molecule has 108 valence electrons. The minimum Gasteiger partial charge on any atom is -0.326 e. The van der Waals surface area contributed by atoms with E-state index < -0.39 is 10.0 Å². The average molecular weight is 367 g/mol. The predicted octanol–water partition coefficient (Wildman–Crippen LogP) is 2.25. The first kappa shape index (κ1) is 17.0. The number of hydrogen-bond acceptors (Lipinski definition) is 4. The van der Waals surface area contributed by atoms with Gasteiger partial charge in [-0.15, -0.1) is 0 Å². The average Bonchev–Trinajstić information content (AvgIpc) is 2.31. The molecule has 0 aromatic heterocycles. The summed E-state index contributed by atoms with van der Waals surface area (Å²) >= 11 is 4.95. The second-order valence-electron chi connectivity index (χ2n) is 4.41. The van der Waals surface area contributed by atoms with Crippen molar-refractivity contribution in [1.82, 2.24) is 4.72 Å². The first-order valence-corrected chi connectivity index (χ1v) is 9.49. The fourth-order valence-electron chi connectivity index (χ4n) is 1.73. The highest BCUT2D eigenvalue weighted by atomic mass is 79.9. The van der Waals surface area contributed by atoms with Crippen molar-refractivity contribution in [3.8, 4) is 0 Å². The Bertz CT molecular complexity index is 547. The lowest BCUT2D eigenvalue weighted by Gasteiger charge is -2.15. The number of rotatable bonds is 6. The number of nitrogens with two attached hydrogens (primary N) is 1. The molecule has 1 atom stereocenters. The van der Waals surface area contributed by atoms with Crippen LogP contribution in [0.4, 0.5) is 0 Å². The van der Waals surface area contributed by atoms with Gasteiger partial charge in [0.15, 0.2) is 0 Å². The second kappa shape index (κ2) is 7.08. The van der Waals surface area contributed by atoms with Crippen molar-refractivity contribution in [2.45, 2.75) is 31.3 Å². The zero-order valence-electron chi connectivity index (χ0n) is 11.2.